The van der Waals surface area contributed by atoms with Crippen molar-refractivity contribution < 1.29 is 0 Å². The van der Waals surface area contributed by atoms with E-state index in [1.54, 1.807) is 0 Å². The van der Waals surface area contributed by atoms with Gasteiger partial charge in [0, 0.05) is 21.8 Å². The summed E-state index contributed by atoms with van der Waals surface area (Å²) in [6.45, 7) is 0. The van der Waals surface area contributed by atoms with Crippen LogP contribution in [0.15, 0.2) is 140 Å². The molecule has 0 radical (unpaired) electrons. The molecule has 0 aliphatic heterocycles. The van der Waals surface area contributed by atoms with Crippen LogP contribution in [0.2, 0.25) is 0 Å². The Morgan fingerprint density at radius 1 is 0.344 bits per heavy atom. The highest BCUT2D eigenvalue weighted by Gasteiger charge is 2.43. The van der Waals surface area contributed by atoms with Crippen molar-refractivity contribution >= 4 is 45.6 Å². The number of rotatable bonds is 4. The molecule has 1 nitrogen and oxygen atoms in total. The smallest absolute Gasteiger partial charge is 0.257 e. The van der Waals surface area contributed by atoms with Gasteiger partial charge in [-0.15, -0.1) is 0 Å². The van der Waals surface area contributed by atoms with Crippen molar-refractivity contribution in [1.82, 2.24) is 4.23 Å². The van der Waals surface area contributed by atoms with Crippen LogP contribution in [0, 0.1) is 0 Å². The Hall–Kier alpha value is -3.88. The second kappa shape index (κ2) is 7.67. The van der Waals surface area contributed by atoms with Gasteiger partial charge < -0.3 is 4.23 Å². The highest BCUT2D eigenvalue weighted by atomic mass is 28.3. The van der Waals surface area contributed by atoms with Crippen LogP contribution in [-0.2, 0) is 0 Å². The number of para-hydroxylation sites is 2. The number of hydrogen-bond donors (Lipinski definition) is 0. The number of aromatic nitrogens is 1. The Balaban J connectivity index is 1.89. The molecule has 0 aliphatic carbocycles. The first-order valence-corrected chi connectivity index (χ1v) is 13.0. The first-order chi connectivity index (χ1) is 15.9. The molecule has 0 aliphatic rings. The van der Waals surface area contributed by atoms with Crippen molar-refractivity contribution in [2.24, 2.45) is 0 Å². The van der Waals surface area contributed by atoms with Gasteiger partial charge in [0.1, 0.15) is 0 Å². The zero-order chi connectivity index (χ0) is 21.4. The minimum atomic E-state index is -2.66. The topological polar surface area (TPSA) is 4.93 Å². The summed E-state index contributed by atoms with van der Waals surface area (Å²) in [5.74, 6) is 0. The van der Waals surface area contributed by atoms with Gasteiger partial charge in [0.15, 0.2) is 0 Å². The Labute approximate surface area is 189 Å². The SMILES string of the molecule is c1ccc([Si](c2ccccc2)(c2ccccc2)n2c3ccccc3c3ccccc32)cc1. The van der Waals surface area contributed by atoms with E-state index in [-0.39, 0.29) is 0 Å². The molecular weight excluding hydrogens is 402 g/mol. The van der Waals surface area contributed by atoms with Gasteiger partial charge in [-0.3, -0.25) is 0 Å². The fraction of sp³-hybridized carbons (Fsp3) is 0. The summed E-state index contributed by atoms with van der Waals surface area (Å²) in [6, 6.07) is 51.0. The highest BCUT2D eigenvalue weighted by molar-refractivity contribution is 7.11. The molecule has 2 heteroatoms. The molecule has 1 heterocycles. The molecule has 0 saturated heterocycles. The lowest BCUT2D eigenvalue weighted by Gasteiger charge is -2.36. The maximum absolute atomic E-state index is 2.68. The van der Waals surface area contributed by atoms with Crippen LogP contribution >= 0.6 is 0 Å². The van der Waals surface area contributed by atoms with Crippen LogP contribution in [0.5, 0.6) is 0 Å². The average molecular weight is 426 g/mol. The summed E-state index contributed by atoms with van der Waals surface area (Å²) in [5, 5.41) is 6.75. The number of nitrogens with zero attached hydrogens (tertiary/aromatic N) is 1. The summed E-state index contributed by atoms with van der Waals surface area (Å²) in [7, 11) is -2.66. The van der Waals surface area contributed by atoms with Crippen molar-refractivity contribution in [1.29, 1.82) is 0 Å². The second-order valence-corrected chi connectivity index (χ2v) is 11.8. The second-order valence-electron chi connectivity index (χ2n) is 8.18. The van der Waals surface area contributed by atoms with Gasteiger partial charge in [-0.1, -0.05) is 127 Å². The van der Waals surface area contributed by atoms with Gasteiger partial charge in [-0.2, -0.15) is 0 Å². The van der Waals surface area contributed by atoms with E-state index in [9.17, 15) is 0 Å². The molecule has 6 rings (SSSR count). The molecule has 0 amide bonds. The first kappa shape index (κ1) is 18.9. The van der Waals surface area contributed by atoms with Crippen LogP contribution in [0.3, 0.4) is 0 Å². The van der Waals surface area contributed by atoms with Gasteiger partial charge in [0.25, 0.3) is 8.24 Å². The van der Waals surface area contributed by atoms with Gasteiger partial charge >= 0.3 is 0 Å². The van der Waals surface area contributed by atoms with Crippen molar-refractivity contribution in [2.75, 3.05) is 0 Å². The summed E-state index contributed by atoms with van der Waals surface area (Å²) >= 11 is 0. The zero-order valence-electron chi connectivity index (χ0n) is 17.7. The zero-order valence-corrected chi connectivity index (χ0v) is 18.7. The molecule has 0 bridgehead atoms. The third-order valence-electron chi connectivity index (χ3n) is 6.49. The van der Waals surface area contributed by atoms with Crippen LogP contribution < -0.4 is 15.6 Å². The quantitative estimate of drug-likeness (QED) is 0.266. The summed E-state index contributed by atoms with van der Waals surface area (Å²) in [6.07, 6.45) is 0. The molecule has 0 fully saturated rings. The van der Waals surface area contributed by atoms with E-state index in [4.69, 9.17) is 0 Å². The maximum Gasteiger partial charge on any atom is 0.257 e. The molecule has 32 heavy (non-hydrogen) atoms. The van der Waals surface area contributed by atoms with Gasteiger partial charge in [0.2, 0.25) is 0 Å². The fourth-order valence-corrected chi connectivity index (χ4v) is 10.1. The molecule has 0 N–H and O–H groups in total. The maximum atomic E-state index is 2.68. The lowest BCUT2D eigenvalue weighted by molar-refractivity contribution is 1.30. The summed E-state index contributed by atoms with van der Waals surface area (Å²) in [5.41, 5.74) is 2.58. The van der Waals surface area contributed by atoms with Gasteiger partial charge in [-0.05, 0) is 27.7 Å². The largest absolute Gasteiger partial charge is 0.355 e. The average Bonchev–Trinajstić information content (AvgIpc) is 3.22. The normalized spacial score (nSPS) is 11.8. The van der Waals surface area contributed by atoms with E-state index in [0.717, 1.165) is 0 Å². The standard InChI is InChI=1S/C30H23NSi/c1-4-14-24(15-5-1)32(25-16-6-2-7-17-25,26-18-8-3-9-19-26)31-29-22-12-10-20-27(29)28-21-11-13-23-30(28)31/h1-23H. The van der Waals surface area contributed by atoms with E-state index in [0.29, 0.717) is 0 Å². The molecule has 0 unspecified atom stereocenters. The van der Waals surface area contributed by atoms with Crippen LogP contribution in [0.4, 0.5) is 0 Å². The number of benzene rings is 5. The molecule has 5 aromatic carbocycles. The van der Waals surface area contributed by atoms with E-state index >= 15 is 0 Å². The predicted molar refractivity (Wildman–Crippen MR) is 139 cm³/mol. The van der Waals surface area contributed by atoms with Crippen molar-refractivity contribution in [2.45, 2.75) is 0 Å². The summed E-state index contributed by atoms with van der Waals surface area (Å²) in [4.78, 5) is 0. The lowest BCUT2D eigenvalue weighted by atomic mass is 10.2. The molecule has 152 valence electrons. The molecule has 0 atom stereocenters. The van der Waals surface area contributed by atoms with Crippen molar-refractivity contribution in [3.05, 3.63) is 140 Å². The van der Waals surface area contributed by atoms with E-state index < -0.39 is 8.24 Å². The minimum absolute atomic E-state index is 1.29. The lowest BCUT2D eigenvalue weighted by Crippen LogP contribution is -2.72. The van der Waals surface area contributed by atoms with Crippen LogP contribution in [0.25, 0.3) is 21.8 Å². The van der Waals surface area contributed by atoms with E-state index in [1.165, 1.54) is 37.4 Å². The van der Waals surface area contributed by atoms with E-state index in [2.05, 4.69) is 144 Å². The molecule has 1 aromatic heterocycles. The van der Waals surface area contributed by atoms with Crippen LogP contribution in [0.1, 0.15) is 0 Å². The summed E-state index contributed by atoms with van der Waals surface area (Å²) < 4.78 is 2.68. The molecule has 0 spiro atoms. The highest BCUT2D eigenvalue weighted by Crippen LogP contribution is 2.31. The molecular formula is C30H23NSi. The van der Waals surface area contributed by atoms with Gasteiger partial charge in [0.05, 0.1) is 0 Å². The fourth-order valence-electron chi connectivity index (χ4n) is 5.21. The Kier molecular flexibility index (Phi) is 4.52. The molecule has 6 aromatic rings. The van der Waals surface area contributed by atoms with Gasteiger partial charge in [-0.25, -0.2) is 0 Å². The Morgan fingerprint density at radius 3 is 1.03 bits per heavy atom. The monoisotopic (exact) mass is 425 g/mol. The van der Waals surface area contributed by atoms with Crippen molar-refractivity contribution in [3.8, 4) is 0 Å². The Bertz CT molecular complexity index is 1350. The van der Waals surface area contributed by atoms with Crippen molar-refractivity contribution in [3.63, 3.8) is 0 Å². The third kappa shape index (κ3) is 2.70. The molecule has 0 saturated carbocycles. The number of fused-ring (bicyclic) bond motifs is 3. The van der Waals surface area contributed by atoms with E-state index in [1.807, 2.05) is 0 Å². The Morgan fingerprint density at radius 2 is 0.656 bits per heavy atom. The third-order valence-corrected chi connectivity index (χ3v) is 11.1. The first-order valence-electron chi connectivity index (χ1n) is 11.1. The minimum Gasteiger partial charge on any atom is -0.355 e. The predicted octanol–water partition coefficient (Wildman–Crippen LogP) is 5.31. The van der Waals surface area contributed by atoms with Crippen LogP contribution in [-0.4, -0.2) is 12.5 Å². The number of hydrogen-bond acceptors (Lipinski definition) is 0.